The van der Waals surface area contributed by atoms with Gasteiger partial charge in [-0.3, -0.25) is 9.25 Å². The van der Waals surface area contributed by atoms with Gasteiger partial charge < -0.3 is 5.73 Å². The van der Waals surface area contributed by atoms with Crippen LogP contribution in [0, 0.1) is 0 Å². The Balaban J connectivity index is 1.92. The van der Waals surface area contributed by atoms with Gasteiger partial charge in [0, 0.05) is 18.5 Å². The number of hydrogen-bond donors (Lipinski definition) is 2. The van der Waals surface area contributed by atoms with Crippen LogP contribution in [0.15, 0.2) is 22.2 Å². The Labute approximate surface area is 102 Å². The van der Waals surface area contributed by atoms with E-state index in [1.165, 1.54) is 11.8 Å². The molecule has 0 radical (unpaired) electrons. The average Bonchev–Trinajstić information content (AvgIpc) is 2.86. The molecule has 0 aliphatic heterocycles. The number of nitrogens with one attached hydrogen (secondary N) is 1. The molecule has 2 aromatic heterocycles. The van der Waals surface area contributed by atoms with Gasteiger partial charge in [0.15, 0.2) is 5.16 Å². The first-order chi connectivity index (χ1) is 8.20. The number of rotatable bonds is 5. The number of aryl methyl sites for hydroxylation is 1. The summed E-state index contributed by atoms with van der Waals surface area (Å²) in [6, 6.07) is 1.75. The lowest BCUT2D eigenvalue weighted by Gasteiger charge is -2.02. The molecule has 0 spiro atoms. The SMILES string of the molecule is CCn1c(SCCn2ccc(N)n2)n[nH]c1=O. The summed E-state index contributed by atoms with van der Waals surface area (Å²) in [5.74, 6) is 1.30. The summed E-state index contributed by atoms with van der Waals surface area (Å²) in [5, 5.41) is 11.2. The van der Waals surface area contributed by atoms with Crippen LogP contribution in [0.5, 0.6) is 0 Å². The first kappa shape index (κ1) is 11.8. The third-order valence-corrected chi connectivity index (χ3v) is 3.21. The monoisotopic (exact) mass is 254 g/mol. The van der Waals surface area contributed by atoms with E-state index in [1.807, 2.05) is 13.1 Å². The van der Waals surface area contributed by atoms with Gasteiger partial charge in [-0.05, 0) is 13.0 Å². The van der Waals surface area contributed by atoms with Crippen molar-refractivity contribution in [1.29, 1.82) is 0 Å². The summed E-state index contributed by atoms with van der Waals surface area (Å²) in [4.78, 5) is 11.3. The van der Waals surface area contributed by atoms with Crippen LogP contribution >= 0.6 is 11.8 Å². The highest BCUT2D eigenvalue weighted by molar-refractivity contribution is 7.99. The van der Waals surface area contributed by atoms with Crippen molar-refractivity contribution in [3.05, 3.63) is 22.7 Å². The topological polar surface area (TPSA) is 94.5 Å². The van der Waals surface area contributed by atoms with Crippen LogP contribution in [0.4, 0.5) is 5.82 Å². The minimum atomic E-state index is -0.168. The second-order valence-corrected chi connectivity index (χ2v) is 4.47. The van der Waals surface area contributed by atoms with E-state index in [1.54, 1.807) is 15.3 Å². The van der Waals surface area contributed by atoms with E-state index in [2.05, 4.69) is 15.3 Å². The normalized spacial score (nSPS) is 10.9. The Hall–Kier alpha value is -1.70. The molecule has 3 N–H and O–H groups in total. The van der Waals surface area contributed by atoms with E-state index in [0.29, 0.717) is 17.5 Å². The molecule has 7 nitrogen and oxygen atoms in total. The average molecular weight is 254 g/mol. The molecule has 2 heterocycles. The van der Waals surface area contributed by atoms with Gasteiger partial charge >= 0.3 is 5.69 Å². The molecule has 2 rings (SSSR count). The Morgan fingerprint density at radius 3 is 3.06 bits per heavy atom. The maximum absolute atomic E-state index is 11.3. The zero-order valence-corrected chi connectivity index (χ0v) is 10.3. The molecule has 0 bridgehead atoms. The molecule has 92 valence electrons. The number of hydrogen-bond acceptors (Lipinski definition) is 5. The van der Waals surface area contributed by atoms with Crippen LogP contribution in [-0.2, 0) is 13.1 Å². The van der Waals surface area contributed by atoms with Gasteiger partial charge in [-0.25, -0.2) is 9.89 Å². The standard InChI is InChI=1S/C9H14N6OS/c1-2-15-8(16)11-12-9(15)17-6-5-14-4-3-7(10)13-14/h3-4H,2,5-6H2,1H3,(H2,10,13)(H,11,16). The quantitative estimate of drug-likeness (QED) is 0.741. The first-order valence-electron chi connectivity index (χ1n) is 5.27. The summed E-state index contributed by atoms with van der Waals surface area (Å²) >= 11 is 1.52. The molecule has 0 unspecified atom stereocenters. The van der Waals surface area contributed by atoms with E-state index >= 15 is 0 Å². The lowest BCUT2D eigenvalue weighted by atomic mass is 10.7. The van der Waals surface area contributed by atoms with Crippen molar-refractivity contribution < 1.29 is 0 Å². The van der Waals surface area contributed by atoms with Gasteiger partial charge in [-0.2, -0.15) is 5.10 Å². The molecule has 17 heavy (non-hydrogen) atoms. The summed E-state index contributed by atoms with van der Waals surface area (Å²) in [7, 11) is 0. The number of aromatic nitrogens is 5. The summed E-state index contributed by atoms with van der Waals surface area (Å²) in [6.07, 6.45) is 1.83. The van der Waals surface area contributed by atoms with Gasteiger partial charge in [0.2, 0.25) is 0 Å². The van der Waals surface area contributed by atoms with E-state index in [9.17, 15) is 4.79 Å². The molecule has 2 aromatic rings. The Morgan fingerprint density at radius 2 is 2.41 bits per heavy atom. The van der Waals surface area contributed by atoms with Crippen molar-refractivity contribution in [3.8, 4) is 0 Å². The number of nitrogens with zero attached hydrogens (tertiary/aromatic N) is 4. The molecular weight excluding hydrogens is 240 g/mol. The number of nitrogen functional groups attached to an aromatic ring is 1. The second kappa shape index (κ2) is 5.09. The number of nitrogens with two attached hydrogens (primary N) is 1. The first-order valence-corrected chi connectivity index (χ1v) is 6.26. The van der Waals surface area contributed by atoms with Gasteiger partial charge in [0.1, 0.15) is 5.82 Å². The fourth-order valence-corrected chi connectivity index (χ4v) is 2.36. The lowest BCUT2D eigenvalue weighted by molar-refractivity contribution is 0.651. The van der Waals surface area contributed by atoms with Crippen LogP contribution < -0.4 is 11.4 Å². The number of aromatic amines is 1. The second-order valence-electron chi connectivity index (χ2n) is 3.41. The van der Waals surface area contributed by atoms with Crippen LogP contribution in [0.1, 0.15) is 6.92 Å². The van der Waals surface area contributed by atoms with Gasteiger partial charge in [0.05, 0.1) is 6.54 Å². The van der Waals surface area contributed by atoms with Gasteiger partial charge in [0.25, 0.3) is 0 Å². The third-order valence-electron chi connectivity index (χ3n) is 2.25. The van der Waals surface area contributed by atoms with Crippen molar-refractivity contribution in [2.45, 2.75) is 25.2 Å². The largest absolute Gasteiger partial charge is 0.382 e. The summed E-state index contributed by atoms with van der Waals surface area (Å²) in [5.41, 5.74) is 5.34. The zero-order valence-electron chi connectivity index (χ0n) is 9.46. The van der Waals surface area contributed by atoms with E-state index in [0.717, 1.165) is 12.3 Å². The lowest BCUT2D eigenvalue weighted by Crippen LogP contribution is -2.16. The fourth-order valence-electron chi connectivity index (χ4n) is 1.42. The molecular formula is C9H14N6OS. The zero-order chi connectivity index (χ0) is 12.3. The van der Waals surface area contributed by atoms with Crippen LogP contribution in [0.3, 0.4) is 0 Å². The minimum Gasteiger partial charge on any atom is -0.382 e. The highest BCUT2D eigenvalue weighted by Gasteiger charge is 2.06. The molecule has 8 heteroatoms. The maximum atomic E-state index is 11.3. The van der Waals surface area contributed by atoms with Crippen LogP contribution in [0.25, 0.3) is 0 Å². The molecule has 0 aliphatic carbocycles. The van der Waals surface area contributed by atoms with Gasteiger partial charge in [-0.1, -0.05) is 11.8 Å². The Kier molecular flexibility index (Phi) is 3.52. The number of anilines is 1. The minimum absolute atomic E-state index is 0.168. The third kappa shape index (κ3) is 2.70. The maximum Gasteiger partial charge on any atom is 0.343 e. The smallest absolute Gasteiger partial charge is 0.343 e. The fraction of sp³-hybridized carbons (Fsp3) is 0.444. The summed E-state index contributed by atoms with van der Waals surface area (Å²) in [6.45, 7) is 3.26. The van der Waals surface area contributed by atoms with E-state index in [4.69, 9.17) is 5.73 Å². The molecule has 0 saturated carbocycles. The van der Waals surface area contributed by atoms with Crippen LogP contribution in [0.2, 0.25) is 0 Å². The summed E-state index contributed by atoms with van der Waals surface area (Å²) < 4.78 is 3.37. The van der Waals surface area contributed by atoms with E-state index < -0.39 is 0 Å². The van der Waals surface area contributed by atoms with Crippen molar-refractivity contribution in [3.63, 3.8) is 0 Å². The van der Waals surface area contributed by atoms with Gasteiger partial charge in [-0.15, -0.1) is 5.10 Å². The van der Waals surface area contributed by atoms with E-state index in [-0.39, 0.29) is 5.69 Å². The predicted molar refractivity (Wildman–Crippen MR) is 65.9 cm³/mol. The molecule has 0 saturated heterocycles. The van der Waals surface area contributed by atoms with Crippen molar-refractivity contribution >= 4 is 17.6 Å². The molecule has 0 aliphatic rings. The van der Waals surface area contributed by atoms with Crippen molar-refractivity contribution in [2.75, 3.05) is 11.5 Å². The molecule has 0 atom stereocenters. The number of H-pyrrole nitrogens is 1. The molecule has 0 fully saturated rings. The van der Waals surface area contributed by atoms with Crippen LogP contribution in [-0.4, -0.2) is 30.3 Å². The Morgan fingerprint density at radius 1 is 1.59 bits per heavy atom. The van der Waals surface area contributed by atoms with Crippen molar-refractivity contribution in [2.24, 2.45) is 0 Å². The number of thioether (sulfide) groups is 1. The highest BCUT2D eigenvalue weighted by atomic mass is 32.2. The Bertz CT molecular complexity index is 542. The predicted octanol–water partition coefficient (Wildman–Crippen LogP) is 0.162. The molecule has 0 aromatic carbocycles. The molecule has 0 amide bonds. The highest BCUT2D eigenvalue weighted by Crippen LogP contribution is 2.13. The van der Waals surface area contributed by atoms with Crippen molar-refractivity contribution in [1.82, 2.24) is 24.5 Å².